The Hall–Kier alpha value is -0.940. The Morgan fingerprint density at radius 1 is 1.38 bits per heavy atom. The molecule has 3 unspecified atom stereocenters. The molecule has 1 N–H and O–H groups in total. The van der Waals surface area contributed by atoms with Crippen LogP contribution >= 0.6 is 0 Å². The highest BCUT2D eigenvalue weighted by Gasteiger charge is 2.39. The molecule has 1 heterocycles. The van der Waals surface area contributed by atoms with Gasteiger partial charge in [-0.25, -0.2) is 0 Å². The lowest BCUT2D eigenvalue weighted by atomic mass is 9.87. The summed E-state index contributed by atoms with van der Waals surface area (Å²) in [5, 5.41) is 2.91. The Labute approximate surface area is 127 Å². The molecule has 1 saturated heterocycles. The van der Waals surface area contributed by atoms with Gasteiger partial charge in [0.1, 0.15) is 5.78 Å². The number of likely N-dealkylation sites (tertiary alicyclic amines) is 1. The van der Waals surface area contributed by atoms with E-state index in [-0.39, 0.29) is 23.9 Å². The molecule has 5 nitrogen and oxygen atoms in total. The summed E-state index contributed by atoms with van der Waals surface area (Å²) in [6.45, 7) is 3.96. The molecule has 1 aliphatic heterocycles. The first-order valence-electron chi connectivity index (χ1n) is 8.20. The number of carbonyl (C=O) groups is 2. The summed E-state index contributed by atoms with van der Waals surface area (Å²) in [5.41, 5.74) is 0. The van der Waals surface area contributed by atoms with Gasteiger partial charge in [-0.3, -0.25) is 14.5 Å². The molecule has 2 rings (SSSR count). The van der Waals surface area contributed by atoms with Crippen molar-refractivity contribution in [3.63, 3.8) is 0 Å². The fraction of sp³-hybridized carbons (Fsp3) is 0.875. The van der Waals surface area contributed by atoms with Gasteiger partial charge in [0.05, 0.1) is 12.6 Å². The molecule has 0 bridgehead atoms. The number of nitrogens with zero attached hydrogens (tertiary/aromatic N) is 1. The monoisotopic (exact) mass is 296 g/mol. The Bertz CT molecular complexity index is 373. The van der Waals surface area contributed by atoms with Crippen molar-refractivity contribution < 1.29 is 14.3 Å². The average Bonchev–Trinajstić information content (AvgIpc) is 2.92. The molecule has 21 heavy (non-hydrogen) atoms. The molecule has 1 aliphatic carbocycles. The van der Waals surface area contributed by atoms with E-state index in [9.17, 15) is 9.59 Å². The second-order valence-corrected chi connectivity index (χ2v) is 6.23. The van der Waals surface area contributed by atoms with Gasteiger partial charge in [0.25, 0.3) is 0 Å². The quantitative estimate of drug-likeness (QED) is 0.752. The zero-order chi connectivity index (χ0) is 15.2. The molecule has 1 amide bonds. The van der Waals surface area contributed by atoms with E-state index in [1.807, 2.05) is 6.92 Å². The summed E-state index contributed by atoms with van der Waals surface area (Å²) in [6, 6.07) is 0.0949. The van der Waals surface area contributed by atoms with Crippen LogP contribution in [0.3, 0.4) is 0 Å². The van der Waals surface area contributed by atoms with Crippen molar-refractivity contribution in [1.29, 1.82) is 0 Å². The van der Waals surface area contributed by atoms with Gasteiger partial charge in [0.2, 0.25) is 5.91 Å². The van der Waals surface area contributed by atoms with Gasteiger partial charge in [0, 0.05) is 32.0 Å². The van der Waals surface area contributed by atoms with Crippen molar-refractivity contribution in [2.45, 2.75) is 57.5 Å². The summed E-state index contributed by atoms with van der Waals surface area (Å²) in [6.07, 6.45) is 6.08. The topological polar surface area (TPSA) is 58.6 Å². The van der Waals surface area contributed by atoms with Crippen LogP contribution in [0.4, 0.5) is 0 Å². The third-order valence-corrected chi connectivity index (χ3v) is 4.89. The number of carbonyl (C=O) groups excluding carboxylic acids is 2. The van der Waals surface area contributed by atoms with Gasteiger partial charge in [-0.2, -0.15) is 0 Å². The zero-order valence-electron chi connectivity index (χ0n) is 13.3. The molecule has 5 heteroatoms. The van der Waals surface area contributed by atoms with Crippen LogP contribution < -0.4 is 5.32 Å². The third-order valence-electron chi connectivity index (χ3n) is 4.89. The van der Waals surface area contributed by atoms with E-state index in [0.717, 1.165) is 38.6 Å². The van der Waals surface area contributed by atoms with Crippen molar-refractivity contribution in [3.8, 4) is 0 Å². The fourth-order valence-corrected chi connectivity index (χ4v) is 3.72. The number of hydrogen-bond donors (Lipinski definition) is 1. The average molecular weight is 296 g/mol. The van der Waals surface area contributed by atoms with Crippen LogP contribution in [0.1, 0.15) is 45.4 Å². The Kier molecular flexibility index (Phi) is 6.18. The lowest BCUT2D eigenvalue weighted by molar-refractivity contribution is -0.131. The number of ether oxygens (including phenoxy) is 1. The summed E-state index contributed by atoms with van der Waals surface area (Å²) < 4.78 is 4.96. The first-order chi connectivity index (χ1) is 10.1. The number of amides is 1. The lowest BCUT2D eigenvalue weighted by Gasteiger charge is -2.41. The van der Waals surface area contributed by atoms with Gasteiger partial charge in [0.15, 0.2) is 0 Å². The van der Waals surface area contributed by atoms with Crippen LogP contribution in [0.5, 0.6) is 0 Å². The van der Waals surface area contributed by atoms with Crippen molar-refractivity contribution >= 4 is 11.7 Å². The smallest absolute Gasteiger partial charge is 0.237 e. The predicted octanol–water partition coefficient (Wildman–Crippen LogP) is 1.36. The van der Waals surface area contributed by atoms with Crippen LogP contribution in [0.15, 0.2) is 0 Å². The third kappa shape index (κ3) is 4.04. The maximum Gasteiger partial charge on any atom is 0.237 e. The van der Waals surface area contributed by atoms with Gasteiger partial charge < -0.3 is 10.1 Å². The first kappa shape index (κ1) is 16.4. The van der Waals surface area contributed by atoms with Crippen molar-refractivity contribution in [3.05, 3.63) is 0 Å². The highest BCUT2D eigenvalue weighted by molar-refractivity contribution is 5.84. The van der Waals surface area contributed by atoms with Crippen molar-refractivity contribution in [1.82, 2.24) is 10.2 Å². The van der Waals surface area contributed by atoms with Gasteiger partial charge in [-0.15, -0.1) is 0 Å². The summed E-state index contributed by atoms with van der Waals surface area (Å²) in [7, 11) is 1.63. The molecule has 0 radical (unpaired) electrons. The fourth-order valence-electron chi connectivity index (χ4n) is 3.72. The molecule has 2 fully saturated rings. The minimum absolute atomic E-state index is 0.0457. The predicted molar refractivity (Wildman–Crippen MR) is 81.0 cm³/mol. The van der Waals surface area contributed by atoms with Crippen LogP contribution in [-0.2, 0) is 14.3 Å². The van der Waals surface area contributed by atoms with Crippen LogP contribution in [0.2, 0.25) is 0 Å². The molecule has 0 aromatic heterocycles. The van der Waals surface area contributed by atoms with E-state index >= 15 is 0 Å². The molecule has 0 aromatic carbocycles. The van der Waals surface area contributed by atoms with E-state index in [1.54, 1.807) is 7.11 Å². The van der Waals surface area contributed by atoms with Crippen LogP contribution in [0.25, 0.3) is 0 Å². The number of piperidine rings is 1. The number of Topliss-reactive ketones (excluding diaryl/α,β-unsaturated/α-hetero) is 1. The zero-order valence-corrected chi connectivity index (χ0v) is 13.3. The van der Waals surface area contributed by atoms with Crippen molar-refractivity contribution in [2.24, 2.45) is 5.92 Å². The highest BCUT2D eigenvalue weighted by Crippen LogP contribution is 2.33. The van der Waals surface area contributed by atoms with Crippen LogP contribution in [-0.4, -0.2) is 55.5 Å². The Morgan fingerprint density at radius 2 is 2.19 bits per heavy atom. The lowest BCUT2D eigenvalue weighted by Crippen LogP contribution is -2.54. The molecular formula is C16H28N2O3. The molecule has 120 valence electrons. The second-order valence-electron chi connectivity index (χ2n) is 6.23. The normalized spacial score (nSPS) is 28.6. The van der Waals surface area contributed by atoms with E-state index in [1.165, 1.54) is 6.42 Å². The van der Waals surface area contributed by atoms with Crippen LogP contribution in [0, 0.1) is 5.92 Å². The largest absolute Gasteiger partial charge is 0.383 e. The van der Waals surface area contributed by atoms with E-state index in [0.29, 0.717) is 18.9 Å². The standard InChI is InChI=1S/C16H28N2O3/c1-12(16(20)17-9-11-21-2)18-10-4-3-7-14(18)13-6-5-8-15(13)19/h12-14H,3-11H2,1-2H3,(H,17,20). The molecule has 3 atom stereocenters. The number of nitrogens with one attached hydrogen (secondary N) is 1. The van der Waals surface area contributed by atoms with E-state index < -0.39 is 0 Å². The Morgan fingerprint density at radius 3 is 2.86 bits per heavy atom. The molecule has 1 saturated carbocycles. The second kappa shape index (κ2) is 7.90. The maximum atomic E-state index is 12.3. The molecule has 2 aliphatic rings. The summed E-state index contributed by atoms with van der Waals surface area (Å²) in [4.78, 5) is 26.6. The minimum atomic E-state index is -0.166. The van der Waals surface area contributed by atoms with Gasteiger partial charge in [-0.05, 0) is 39.2 Å². The van der Waals surface area contributed by atoms with Gasteiger partial charge >= 0.3 is 0 Å². The Balaban J connectivity index is 1.97. The number of hydrogen-bond acceptors (Lipinski definition) is 4. The SMILES string of the molecule is COCCNC(=O)C(C)N1CCCCC1C1CCCC1=O. The van der Waals surface area contributed by atoms with Crippen molar-refractivity contribution in [2.75, 3.05) is 26.8 Å². The summed E-state index contributed by atoms with van der Waals surface area (Å²) in [5.74, 6) is 0.600. The number of ketones is 1. The first-order valence-corrected chi connectivity index (χ1v) is 8.20. The minimum Gasteiger partial charge on any atom is -0.383 e. The molecule has 0 aromatic rings. The maximum absolute atomic E-state index is 12.3. The number of methoxy groups -OCH3 is 1. The van der Waals surface area contributed by atoms with Gasteiger partial charge in [-0.1, -0.05) is 6.42 Å². The van der Waals surface area contributed by atoms with E-state index in [4.69, 9.17) is 4.74 Å². The highest BCUT2D eigenvalue weighted by atomic mass is 16.5. The molecular weight excluding hydrogens is 268 g/mol. The summed E-state index contributed by atoms with van der Waals surface area (Å²) >= 11 is 0. The van der Waals surface area contributed by atoms with E-state index in [2.05, 4.69) is 10.2 Å². The molecule has 0 spiro atoms. The number of rotatable bonds is 6.